The first-order chi connectivity index (χ1) is 10.1. The summed E-state index contributed by atoms with van der Waals surface area (Å²) in [5.74, 6) is 0.221. The molecule has 21 heavy (non-hydrogen) atoms. The van der Waals surface area contributed by atoms with Gasteiger partial charge in [-0.25, -0.2) is 4.98 Å². The molecule has 1 fully saturated rings. The second-order valence-electron chi connectivity index (χ2n) is 5.84. The zero-order chi connectivity index (χ0) is 14.8. The summed E-state index contributed by atoms with van der Waals surface area (Å²) < 4.78 is 2.12. The van der Waals surface area contributed by atoms with Crippen LogP contribution in [0.3, 0.4) is 0 Å². The molecule has 1 aliphatic rings. The summed E-state index contributed by atoms with van der Waals surface area (Å²) in [7, 11) is 2.04. The van der Waals surface area contributed by atoms with Crippen LogP contribution in [0.5, 0.6) is 0 Å². The van der Waals surface area contributed by atoms with Crippen molar-refractivity contribution >= 4 is 17.0 Å². The fourth-order valence-corrected chi connectivity index (χ4v) is 3.13. The van der Waals surface area contributed by atoms with Crippen molar-refractivity contribution in [2.45, 2.75) is 38.3 Å². The Morgan fingerprint density at radius 2 is 2.05 bits per heavy atom. The lowest BCUT2D eigenvalue weighted by molar-refractivity contribution is -0.142. The minimum absolute atomic E-state index is 0.154. The van der Waals surface area contributed by atoms with Crippen molar-refractivity contribution in [1.29, 1.82) is 0 Å². The van der Waals surface area contributed by atoms with E-state index in [2.05, 4.69) is 20.9 Å². The molecule has 0 bridgehead atoms. The van der Waals surface area contributed by atoms with Gasteiger partial charge in [0.15, 0.2) is 0 Å². The second-order valence-corrected chi connectivity index (χ2v) is 5.84. The molecule has 0 spiro atoms. The Morgan fingerprint density at radius 1 is 1.33 bits per heavy atom. The fraction of sp³-hybridized carbons (Fsp3) is 0.500. The Balaban J connectivity index is 1.60. The van der Waals surface area contributed by atoms with Crippen LogP contribution in [0.15, 0.2) is 24.3 Å². The van der Waals surface area contributed by atoms with E-state index in [1.54, 1.807) is 0 Å². The van der Waals surface area contributed by atoms with E-state index in [0.717, 1.165) is 49.1 Å². The Morgan fingerprint density at radius 3 is 2.71 bits per heavy atom. The largest absolute Gasteiger partial charge is 0.481 e. The van der Waals surface area contributed by atoms with E-state index in [0.29, 0.717) is 6.04 Å². The van der Waals surface area contributed by atoms with Gasteiger partial charge in [0.1, 0.15) is 5.82 Å². The second kappa shape index (κ2) is 5.85. The fourth-order valence-electron chi connectivity index (χ4n) is 3.13. The number of benzene rings is 1. The first-order valence-electron chi connectivity index (χ1n) is 7.51. The van der Waals surface area contributed by atoms with Gasteiger partial charge in [-0.15, -0.1) is 0 Å². The van der Waals surface area contributed by atoms with Crippen LogP contribution in [-0.2, 0) is 18.4 Å². The van der Waals surface area contributed by atoms with Crippen molar-refractivity contribution in [2.75, 3.05) is 0 Å². The summed E-state index contributed by atoms with van der Waals surface area (Å²) in [4.78, 5) is 15.6. The number of nitrogens with zero attached hydrogens (tertiary/aromatic N) is 2. The van der Waals surface area contributed by atoms with Crippen LogP contribution in [-0.4, -0.2) is 26.7 Å². The van der Waals surface area contributed by atoms with E-state index >= 15 is 0 Å². The van der Waals surface area contributed by atoms with Crippen molar-refractivity contribution in [3.63, 3.8) is 0 Å². The molecule has 1 heterocycles. The normalized spacial score (nSPS) is 22.5. The van der Waals surface area contributed by atoms with Crippen LogP contribution in [0.1, 0.15) is 31.5 Å². The molecule has 0 radical (unpaired) electrons. The number of aliphatic carboxylic acids is 1. The SMILES string of the molecule is Cn1c(CNC2CCC(C(=O)O)CC2)nc2ccccc21. The van der Waals surface area contributed by atoms with Crippen molar-refractivity contribution < 1.29 is 9.90 Å². The number of fused-ring (bicyclic) bond motifs is 1. The maximum absolute atomic E-state index is 11.0. The lowest BCUT2D eigenvalue weighted by atomic mass is 9.86. The molecule has 2 N–H and O–H groups in total. The third-order valence-electron chi connectivity index (χ3n) is 4.51. The number of imidazole rings is 1. The molecule has 112 valence electrons. The molecule has 1 aromatic carbocycles. The summed E-state index contributed by atoms with van der Waals surface area (Å²) in [6, 6.07) is 8.52. The van der Waals surface area contributed by atoms with Crippen molar-refractivity contribution in [1.82, 2.24) is 14.9 Å². The standard InChI is InChI=1S/C16H21N3O2/c1-19-14-5-3-2-4-13(14)18-15(19)10-17-12-8-6-11(7-9-12)16(20)21/h2-5,11-12,17H,6-10H2,1H3,(H,20,21). The van der Waals surface area contributed by atoms with E-state index in [-0.39, 0.29) is 5.92 Å². The minimum atomic E-state index is -0.649. The molecule has 0 aliphatic heterocycles. The topological polar surface area (TPSA) is 67.2 Å². The van der Waals surface area contributed by atoms with Crippen LogP contribution in [0.25, 0.3) is 11.0 Å². The number of carboxylic acids is 1. The first kappa shape index (κ1) is 14.1. The lowest BCUT2D eigenvalue weighted by Crippen LogP contribution is -2.35. The molecule has 2 aromatic rings. The number of aromatic nitrogens is 2. The highest BCUT2D eigenvalue weighted by Gasteiger charge is 2.25. The van der Waals surface area contributed by atoms with Crippen LogP contribution in [0.4, 0.5) is 0 Å². The number of hydrogen-bond acceptors (Lipinski definition) is 3. The predicted molar refractivity (Wildman–Crippen MR) is 80.9 cm³/mol. The molecule has 1 aromatic heterocycles. The summed E-state index contributed by atoms with van der Waals surface area (Å²) in [5.41, 5.74) is 2.16. The number of carbonyl (C=O) groups is 1. The highest BCUT2D eigenvalue weighted by molar-refractivity contribution is 5.75. The van der Waals surface area contributed by atoms with Crippen LogP contribution in [0.2, 0.25) is 0 Å². The first-order valence-corrected chi connectivity index (χ1v) is 7.51. The Kier molecular flexibility index (Phi) is 3.92. The van der Waals surface area contributed by atoms with Gasteiger partial charge in [-0.2, -0.15) is 0 Å². The molecule has 5 heteroatoms. The minimum Gasteiger partial charge on any atom is -0.481 e. The van der Waals surface area contributed by atoms with Crippen molar-refractivity contribution in [2.24, 2.45) is 13.0 Å². The van der Waals surface area contributed by atoms with Crippen LogP contribution in [0, 0.1) is 5.92 Å². The third kappa shape index (κ3) is 2.93. The zero-order valence-electron chi connectivity index (χ0n) is 12.2. The molecule has 0 saturated heterocycles. The average Bonchev–Trinajstić information content (AvgIpc) is 2.82. The molecule has 1 aliphatic carbocycles. The molecular weight excluding hydrogens is 266 g/mol. The Bertz CT molecular complexity index is 642. The van der Waals surface area contributed by atoms with Crippen molar-refractivity contribution in [3.8, 4) is 0 Å². The maximum Gasteiger partial charge on any atom is 0.306 e. The Labute approximate surface area is 124 Å². The van der Waals surface area contributed by atoms with E-state index < -0.39 is 5.97 Å². The number of carboxylic acid groups (broad SMARTS) is 1. The van der Waals surface area contributed by atoms with Gasteiger partial charge in [0, 0.05) is 13.1 Å². The number of nitrogens with one attached hydrogen (secondary N) is 1. The van der Waals surface area contributed by atoms with Crippen LogP contribution >= 0.6 is 0 Å². The van der Waals surface area contributed by atoms with Gasteiger partial charge in [-0.05, 0) is 37.8 Å². The lowest BCUT2D eigenvalue weighted by Gasteiger charge is -2.26. The van der Waals surface area contributed by atoms with Crippen LogP contribution < -0.4 is 5.32 Å². The molecule has 3 rings (SSSR count). The predicted octanol–water partition coefficient (Wildman–Crippen LogP) is 2.31. The van der Waals surface area contributed by atoms with Gasteiger partial charge < -0.3 is 15.0 Å². The number of aryl methyl sites for hydroxylation is 1. The van der Waals surface area contributed by atoms with Crippen molar-refractivity contribution in [3.05, 3.63) is 30.1 Å². The smallest absolute Gasteiger partial charge is 0.306 e. The highest BCUT2D eigenvalue weighted by atomic mass is 16.4. The third-order valence-corrected chi connectivity index (χ3v) is 4.51. The summed E-state index contributed by atoms with van der Waals surface area (Å²) in [5, 5.41) is 12.5. The quantitative estimate of drug-likeness (QED) is 0.905. The number of para-hydroxylation sites is 2. The molecule has 0 atom stereocenters. The van der Waals surface area contributed by atoms with Gasteiger partial charge in [0.2, 0.25) is 0 Å². The van der Waals surface area contributed by atoms with Gasteiger partial charge >= 0.3 is 5.97 Å². The molecular formula is C16H21N3O2. The van der Waals surface area contributed by atoms with E-state index in [4.69, 9.17) is 5.11 Å². The monoisotopic (exact) mass is 287 g/mol. The van der Waals surface area contributed by atoms with Gasteiger partial charge in [0.25, 0.3) is 0 Å². The average molecular weight is 287 g/mol. The molecule has 1 saturated carbocycles. The summed E-state index contributed by atoms with van der Waals surface area (Å²) >= 11 is 0. The zero-order valence-corrected chi connectivity index (χ0v) is 12.2. The maximum atomic E-state index is 11.0. The number of hydrogen-bond donors (Lipinski definition) is 2. The van der Waals surface area contributed by atoms with E-state index in [1.807, 2.05) is 25.2 Å². The molecule has 0 amide bonds. The summed E-state index contributed by atoms with van der Waals surface area (Å²) in [6.45, 7) is 0.730. The number of rotatable bonds is 4. The summed E-state index contributed by atoms with van der Waals surface area (Å²) in [6.07, 6.45) is 3.41. The van der Waals surface area contributed by atoms with Gasteiger partial charge in [-0.3, -0.25) is 4.79 Å². The highest BCUT2D eigenvalue weighted by Crippen LogP contribution is 2.24. The molecule has 0 unspecified atom stereocenters. The van der Waals surface area contributed by atoms with Gasteiger partial charge in [-0.1, -0.05) is 12.1 Å². The molecule has 5 nitrogen and oxygen atoms in total. The van der Waals surface area contributed by atoms with E-state index in [1.165, 1.54) is 0 Å². The van der Waals surface area contributed by atoms with Gasteiger partial charge in [0.05, 0.1) is 23.5 Å². The van der Waals surface area contributed by atoms with E-state index in [9.17, 15) is 4.79 Å². The Hall–Kier alpha value is -1.88.